The maximum atomic E-state index is 13.6. The van der Waals surface area contributed by atoms with E-state index in [4.69, 9.17) is 0 Å². The minimum Gasteiger partial charge on any atom is -0.388 e. The molecule has 0 heterocycles. The number of rotatable bonds is 3. The molecule has 1 aromatic carbocycles. The Balaban J connectivity index is 2.04. The van der Waals surface area contributed by atoms with Crippen LogP contribution in [0, 0.1) is 11.6 Å². The van der Waals surface area contributed by atoms with Crippen molar-refractivity contribution in [3.8, 4) is 0 Å². The largest absolute Gasteiger partial charge is 0.388 e. The average molecular weight is 266 g/mol. The van der Waals surface area contributed by atoms with Gasteiger partial charge < -0.3 is 5.11 Å². The highest BCUT2D eigenvalue weighted by molar-refractivity contribution is 5.22. The topological polar surface area (TPSA) is 20.2 Å². The molecular weight excluding hydrogens is 246 g/mol. The average Bonchev–Trinajstić information content (AvgIpc) is 2.32. The predicted molar refractivity (Wildman–Crippen MR) is 71.9 cm³/mol. The van der Waals surface area contributed by atoms with E-state index in [9.17, 15) is 13.9 Å². The van der Waals surface area contributed by atoms with Crippen LogP contribution in [0.4, 0.5) is 8.78 Å². The lowest BCUT2D eigenvalue weighted by molar-refractivity contribution is 0.203. The van der Waals surface area contributed by atoms with Crippen molar-refractivity contribution in [2.75, 3.05) is 0 Å². The summed E-state index contributed by atoms with van der Waals surface area (Å²) >= 11 is 0. The van der Waals surface area contributed by atoms with E-state index in [1.807, 2.05) is 0 Å². The second-order valence-corrected chi connectivity index (χ2v) is 5.19. The van der Waals surface area contributed by atoms with Crippen molar-refractivity contribution >= 4 is 0 Å². The van der Waals surface area contributed by atoms with Crippen LogP contribution in [0.2, 0.25) is 0 Å². The van der Waals surface area contributed by atoms with E-state index >= 15 is 0 Å². The molecule has 1 aromatic rings. The van der Waals surface area contributed by atoms with Crippen molar-refractivity contribution in [2.45, 2.75) is 51.0 Å². The van der Waals surface area contributed by atoms with Gasteiger partial charge in [-0.1, -0.05) is 25.0 Å². The van der Waals surface area contributed by atoms with Crippen LogP contribution in [-0.2, 0) is 6.42 Å². The van der Waals surface area contributed by atoms with Gasteiger partial charge in [0.1, 0.15) is 11.6 Å². The molecule has 0 spiro atoms. The summed E-state index contributed by atoms with van der Waals surface area (Å²) in [6, 6.07) is 3.52. The van der Waals surface area contributed by atoms with Crippen LogP contribution in [0.25, 0.3) is 0 Å². The number of aliphatic hydroxyl groups excluding tert-OH is 1. The van der Waals surface area contributed by atoms with Gasteiger partial charge in [0.05, 0.1) is 6.10 Å². The smallest absolute Gasteiger partial charge is 0.129 e. The van der Waals surface area contributed by atoms with Crippen molar-refractivity contribution in [3.63, 3.8) is 0 Å². The third-order valence-corrected chi connectivity index (χ3v) is 3.68. The molecule has 1 atom stereocenters. The van der Waals surface area contributed by atoms with E-state index in [0.29, 0.717) is 5.56 Å². The standard InChI is InChI=1S/C16H20F2O/c17-14-9-8-13(15(18)11-14)10-16(19)12-6-4-2-1-3-5-7-12/h6,8-9,11,16,19H,1-5,7,10H2/b12-6+. The Morgan fingerprint density at radius 1 is 1.11 bits per heavy atom. The quantitative estimate of drug-likeness (QED) is 0.815. The zero-order chi connectivity index (χ0) is 13.7. The van der Waals surface area contributed by atoms with Gasteiger partial charge in [-0.2, -0.15) is 0 Å². The van der Waals surface area contributed by atoms with E-state index in [2.05, 4.69) is 6.08 Å². The van der Waals surface area contributed by atoms with E-state index in [0.717, 1.165) is 37.3 Å². The van der Waals surface area contributed by atoms with Crippen molar-refractivity contribution in [1.82, 2.24) is 0 Å². The normalized spacial score (nSPS) is 21.1. The van der Waals surface area contributed by atoms with Crippen LogP contribution in [0.5, 0.6) is 0 Å². The van der Waals surface area contributed by atoms with Gasteiger partial charge in [0, 0.05) is 12.5 Å². The summed E-state index contributed by atoms with van der Waals surface area (Å²) in [6.07, 6.45) is 8.18. The maximum Gasteiger partial charge on any atom is 0.129 e. The highest BCUT2D eigenvalue weighted by Gasteiger charge is 2.15. The number of hydrogen-bond donors (Lipinski definition) is 1. The van der Waals surface area contributed by atoms with Crippen LogP contribution < -0.4 is 0 Å². The minimum absolute atomic E-state index is 0.220. The molecule has 1 aliphatic rings. The van der Waals surface area contributed by atoms with Crippen molar-refractivity contribution in [2.24, 2.45) is 0 Å². The lowest BCUT2D eigenvalue weighted by atomic mass is 9.93. The van der Waals surface area contributed by atoms with E-state index in [1.165, 1.54) is 25.0 Å². The fourth-order valence-corrected chi connectivity index (χ4v) is 2.55. The Bertz CT molecular complexity index is 454. The molecule has 0 saturated carbocycles. The Morgan fingerprint density at radius 3 is 2.68 bits per heavy atom. The highest BCUT2D eigenvalue weighted by atomic mass is 19.1. The molecule has 3 heteroatoms. The van der Waals surface area contributed by atoms with Crippen molar-refractivity contribution in [1.29, 1.82) is 0 Å². The number of hydrogen-bond acceptors (Lipinski definition) is 1. The zero-order valence-corrected chi connectivity index (χ0v) is 11.0. The second kappa shape index (κ2) is 6.80. The van der Waals surface area contributed by atoms with Gasteiger partial charge in [-0.3, -0.25) is 0 Å². The van der Waals surface area contributed by atoms with Gasteiger partial charge >= 0.3 is 0 Å². The molecule has 0 fully saturated rings. The fraction of sp³-hybridized carbons (Fsp3) is 0.500. The SMILES string of the molecule is OC(Cc1ccc(F)cc1F)/C1=C/CCCCCC1. The van der Waals surface area contributed by atoms with Crippen LogP contribution >= 0.6 is 0 Å². The summed E-state index contributed by atoms with van der Waals surface area (Å²) in [5.41, 5.74) is 1.38. The molecule has 0 amide bonds. The van der Waals surface area contributed by atoms with Gasteiger partial charge in [0.15, 0.2) is 0 Å². The molecule has 0 aliphatic heterocycles. The molecule has 2 rings (SSSR count). The zero-order valence-electron chi connectivity index (χ0n) is 11.0. The van der Waals surface area contributed by atoms with Crippen molar-refractivity contribution < 1.29 is 13.9 Å². The first-order valence-corrected chi connectivity index (χ1v) is 6.98. The van der Waals surface area contributed by atoms with E-state index in [-0.39, 0.29) is 6.42 Å². The monoisotopic (exact) mass is 266 g/mol. The van der Waals surface area contributed by atoms with E-state index < -0.39 is 17.7 Å². The number of allylic oxidation sites excluding steroid dienone is 1. The van der Waals surface area contributed by atoms with Gasteiger partial charge in [-0.05, 0) is 42.9 Å². The van der Waals surface area contributed by atoms with Crippen LogP contribution in [-0.4, -0.2) is 11.2 Å². The number of halogens is 2. The van der Waals surface area contributed by atoms with Gasteiger partial charge in [-0.15, -0.1) is 0 Å². The molecule has 104 valence electrons. The maximum absolute atomic E-state index is 13.6. The Labute approximate surface area is 113 Å². The summed E-state index contributed by atoms with van der Waals surface area (Å²) in [5, 5.41) is 10.2. The summed E-state index contributed by atoms with van der Waals surface area (Å²) in [6.45, 7) is 0. The van der Waals surface area contributed by atoms with Gasteiger partial charge in [0.2, 0.25) is 0 Å². The molecule has 1 unspecified atom stereocenters. The van der Waals surface area contributed by atoms with Gasteiger partial charge in [-0.25, -0.2) is 8.78 Å². The Kier molecular flexibility index (Phi) is 5.08. The third kappa shape index (κ3) is 4.13. The van der Waals surface area contributed by atoms with E-state index in [1.54, 1.807) is 0 Å². The molecule has 1 nitrogen and oxygen atoms in total. The number of benzene rings is 1. The summed E-state index contributed by atoms with van der Waals surface area (Å²) in [4.78, 5) is 0. The molecule has 0 bridgehead atoms. The van der Waals surface area contributed by atoms with Crippen molar-refractivity contribution in [3.05, 3.63) is 47.0 Å². The summed E-state index contributed by atoms with van der Waals surface area (Å²) in [7, 11) is 0. The fourth-order valence-electron chi connectivity index (χ4n) is 2.55. The second-order valence-electron chi connectivity index (χ2n) is 5.19. The first-order chi connectivity index (χ1) is 9.16. The lowest BCUT2D eigenvalue weighted by Crippen LogP contribution is -2.15. The molecule has 0 radical (unpaired) electrons. The Morgan fingerprint density at radius 2 is 1.89 bits per heavy atom. The Hall–Kier alpha value is -1.22. The van der Waals surface area contributed by atoms with Crippen LogP contribution in [0.15, 0.2) is 29.8 Å². The molecule has 1 aliphatic carbocycles. The molecule has 1 N–H and O–H groups in total. The van der Waals surface area contributed by atoms with Crippen LogP contribution in [0.1, 0.15) is 44.1 Å². The first kappa shape index (κ1) is 14.2. The predicted octanol–water partition coefficient (Wildman–Crippen LogP) is 4.15. The summed E-state index contributed by atoms with van der Waals surface area (Å²) < 4.78 is 26.4. The molecule has 0 saturated heterocycles. The minimum atomic E-state index is -0.655. The van der Waals surface area contributed by atoms with Gasteiger partial charge in [0.25, 0.3) is 0 Å². The number of aliphatic hydroxyl groups is 1. The molecular formula is C16H20F2O. The molecule has 19 heavy (non-hydrogen) atoms. The summed E-state index contributed by atoms with van der Waals surface area (Å²) in [5.74, 6) is -1.16. The third-order valence-electron chi connectivity index (χ3n) is 3.68. The van der Waals surface area contributed by atoms with Crippen LogP contribution in [0.3, 0.4) is 0 Å². The highest BCUT2D eigenvalue weighted by Crippen LogP contribution is 2.22. The lowest BCUT2D eigenvalue weighted by Gasteiger charge is -2.17. The first-order valence-electron chi connectivity index (χ1n) is 6.98. The molecule has 0 aromatic heterocycles.